The van der Waals surface area contributed by atoms with E-state index in [9.17, 15) is 23.1 Å². The monoisotopic (exact) mass is 652 g/mol. The molecule has 2 aromatic carbocycles. The Morgan fingerprint density at radius 3 is 2.46 bits per heavy atom. The molecule has 2 heterocycles. The van der Waals surface area contributed by atoms with Gasteiger partial charge in [-0.1, -0.05) is 49.4 Å². The summed E-state index contributed by atoms with van der Waals surface area (Å²) < 4.78 is 28.8. The number of hydrogen-bond acceptors (Lipinski definition) is 10. The molecule has 1 fully saturated rings. The van der Waals surface area contributed by atoms with E-state index in [1.54, 1.807) is 18.1 Å². The topological polar surface area (TPSA) is 162 Å². The van der Waals surface area contributed by atoms with Gasteiger partial charge in [0.05, 0.1) is 19.3 Å². The van der Waals surface area contributed by atoms with Gasteiger partial charge in [-0.15, -0.1) is 0 Å². The normalized spacial score (nSPS) is 17.1. The molecule has 46 heavy (non-hydrogen) atoms. The number of sulfone groups is 1. The zero-order valence-electron chi connectivity index (χ0n) is 26.7. The fourth-order valence-electron chi connectivity index (χ4n) is 5.12. The highest BCUT2D eigenvalue weighted by Crippen LogP contribution is 2.20. The molecule has 13 heteroatoms. The summed E-state index contributed by atoms with van der Waals surface area (Å²) in [6, 6.07) is 18.2. The van der Waals surface area contributed by atoms with Gasteiger partial charge in [0.15, 0.2) is 9.84 Å². The summed E-state index contributed by atoms with van der Waals surface area (Å²) in [7, 11) is -1.76. The van der Waals surface area contributed by atoms with Crippen molar-refractivity contribution in [2.45, 2.75) is 57.5 Å². The van der Waals surface area contributed by atoms with Crippen LogP contribution in [-0.2, 0) is 27.6 Å². The Kier molecular flexibility index (Phi) is 12.0. The molecule has 0 bridgehead atoms. The van der Waals surface area contributed by atoms with Gasteiger partial charge in [0.2, 0.25) is 5.91 Å². The van der Waals surface area contributed by atoms with E-state index in [4.69, 9.17) is 4.74 Å². The highest BCUT2D eigenvalue weighted by Gasteiger charge is 2.38. The second kappa shape index (κ2) is 15.9. The maximum Gasteiger partial charge on any atom is 0.251 e. The summed E-state index contributed by atoms with van der Waals surface area (Å²) in [6.07, 6.45) is 0.897. The minimum atomic E-state index is -3.36. The fraction of sp³-hybridized carbons (Fsp3) is 0.424. The average Bonchev–Trinajstić information content (AvgIpc) is 3.04. The van der Waals surface area contributed by atoms with E-state index in [0.717, 1.165) is 29.6 Å². The number of nitrogens with one attached hydrogen (secondary N) is 4. The second-order valence-electron chi connectivity index (χ2n) is 11.6. The highest BCUT2D eigenvalue weighted by molar-refractivity contribution is 7.90. The van der Waals surface area contributed by atoms with Crippen LogP contribution in [-0.4, -0.2) is 91.8 Å². The van der Waals surface area contributed by atoms with Crippen LogP contribution in [0.3, 0.4) is 0 Å². The van der Waals surface area contributed by atoms with E-state index in [2.05, 4.69) is 26.3 Å². The van der Waals surface area contributed by atoms with E-state index in [-0.39, 0.29) is 35.6 Å². The lowest BCUT2D eigenvalue weighted by Gasteiger charge is -2.38. The molecule has 248 valence electrons. The molecule has 2 amide bonds. The van der Waals surface area contributed by atoms with Crippen molar-refractivity contribution in [1.29, 1.82) is 0 Å². The number of amides is 2. The molecule has 0 saturated carbocycles. The number of methoxy groups -OCH3 is 1. The van der Waals surface area contributed by atoms with Gasteiger partial charge < -0.3 is 36.0 Å². The van der Waals surface area contributed by atoms with Gasteiger partial charge >= 0.3 is 0 Å². The van der Waals surface area contributed by atoms with Crippen LogP contribution in [0.15, 0.2) is 66.7 Å². The third-order valence-electron chi connectivity index (χ3n) is 7.83. The van der Waals surface area contributed by atoms with Crippen molar-refractivity contribution in [2.75, 3.05) is 43.0 Å². The molecule has 1 aliphatic heterocycles. The molecule has 1 aromatic heterocycles. The SMILES string of the molecule is CCC(C)Nc1cc(C(=O)N[C@@H](Cc2ccccc2)[C@H](O)C2NCCN(Cc3ccc(OC)cc3)C2=O)cc(NCS(C)(=O)=O)n1. The number of hydrogen-bond donors (Lipinski definition) is 5. The van der Waals surface area contributed by atoms with Crippen LogP contribution in [0.5, 0.6) is 5.75 Å². The van der Waals surface area contributed by atoms with Gasteiger partial charge in [0.1, 0.15) is 29.3 Å². The number of piperazine rings is 1. The summed E-state index contributed by atoms with van der Waals surface area (Å²) >= 11 is 0. The van der Waals surface area contributed by atoms with Gasteiger partial charge in [-0.3, -0.25) is 9.59 Å². The zero-order valence-corrected chi connectivity index (χ0v) is 27.5. The zero-order chi connectivity index (χ0) is 33.3. The Morgan fingerprint density at radius 1 is 1.11 bits per heavy atom. The van der Waals surface area contributed by atoms with Gasteiger partial charge in [0, 0.05) is 37.5 Å². The van der Waals surface area contributed by atoms with E-state index in [0.29, 0.717) is 25.5 Å². The van der Waals surface area contributed by atoms with Crippen molar-refractivity contribution in [3.8, 4) is 5.75 Å². The quantitative estimate of drug-likeness (QED) is 0.165. The molecule has 1 aliphatic rings. The third-order valence-corrected chi connectivity index (χ3v) is 8.50. The standard InChI is InChI=1S/C33H44N6O6S/c1-5-22(2)36-29-19-25(18-28(38-29)35-21-46(4,43)44)32(41)37-27(17-23-9-7-6-8-10-23)31(40)30-33(42)39(16-15-34-30)20-24-11-13-26(45-3)14-12-24/h6-14,18-19,22,27,30-31,34,40H,5,15-17,20-21H2,1-4H3,(H,37,41)(H2,35,36,38)/t22?,27-,30?,31-/m0/s1. The first-order chi connectivity index (χ1) is 22.0. The Bertz CT molecular complexity index is 1570. The van der Waals surface area contributed by atoms with Crippen LogP contribution in [0.2, 0.25) is 0 Å². The third kappa shape index (κ3) is 9.90. The molecule has 0 spiro atoms. The Hall–Kier alpha value is -4.20. The number of ether oxygens (including phenoxy) is 1. The van der Waals surface area contributed by atoms with Crippen molar-refractivity contribution < 1.29 is 27.9 Å². The number of carbonyl (C=O) groups excluding carboxylic acids is 2. The molecule has 4 atom stereocenters. The molecule has 2 unspecified atom stereocenters. The van der Waals surface area contributed by atoms with Crippen LogP contribution in [0.1, 0.15) is 41.8 Å². The van der Waals surface area contributed by atoms with Crippen LogP contribution in [0.25, 0.3) is 0 Å². The first-order valence-corrected chi connectivity index (χ1v) is 17.4. The molecule has 0 aliphatic carbocycles. The van der Waals surface area contributed by atoms with Crippen LogP contribution in [0.4, 0.5) is 11.6 Å². The number of nitrogens with zero attached hydrogens (tertiary/aromatic N) is 2. The highest BCUT2D eigenvalue weighted by atomic mass is 32.2. The van der Waals surface area contributed by atoms with Gasteiger partial charge in [-0.2, -0.15) is 0 Å². The number of pyridine rings is 1. The van der Waals surface area contributed by atoms with Crippen LogP contribution >= 0.6 is 0 Å². The molecule has 1 saturated heterocycles. The molecule has 12 nitrogen and oxygen atoms in total. The summed E-state index contributed by atoms with van der Waals surface area (Å²) in [4.78, 5) is 33.6. The van der Waals surface area contributed by atoms with Crippen molar-refractivity contribution >= 4 is 33.3 Å². The Morgan fingerprint density at radius 2 is 1.80 bits per heavy atom. The lowest BCUT2D eigenvalue weighted by Crippen LogP contribution is -2.63. The summed E-state index contributed by atoms with van der Waals surface area (Å²) in [5.41, 5.74) is 2.01. The van der Waals surface area contributed by atoms with Crippen LogP contribution < -0.4 is 26.0 Å². The van der Waals surface area contributed by atoms with Gasteiger partial charge in [0.25, 0.3) is 5.91 Å². The molecule has 0 radical (unpaired) electrons. The number of benzene rings is 2. The Balaban J connectivity index is 1.58. The van der Waals surface area contributed by atoms with Crippen molar-refractivity contribution in [3.05, 3.63) is 83.4 Å². The summed E-state index contributed by atoms with van der Waals surface area (Å²) in [5, 5.41) is 23.8. The summed E-state index contributed by atoms with van der Waals surface area (Å²) in [5.74, 6) is 0.205. The van der Waals surface area contributed by atoms with Crippen LogP contribution in [0, 0.1) is 0 Å². The number of anilines is 2. The molecular formula is C33H44N6O6S. The van der Waals surface area contributed by atoms with E-state index < -0.39 is 33.9 Å². The van der Waals surface area contributed by atoms with Crippen molar-refractivity contribution in [2.24, 2.45) is 0 Å². The first kappa shape index (κ1) is 34.7. The van der Waals surface area contributed by atoms with Gasteiger partial charge in [-0.05, 0) is 55.2 Å². The predicted molar refractivity (Wildman–Crippen MR) is 179 cm³/mol. The summed E-state index contributed by atoms with van der Waals surface area (Å²) in [6.45, 7) is 5.29. The lowest BCUT2D eigenvalue weighted by molar-refractivity contribution is -0.140. The Labute approximate surface area is 270 Å². The lowest BCUT2D eigenvalue weighted by atomic mass is 9.94. The second-order valence-corrected chi connectivity index (χ2v) is 13.8. The number of carbonyl (C=O) groups is 2. The minimum Gasteiger partial charge on any atom is -0.497 e. The number of aliphatic hydroxyl groups excluding tert-OH is 1. The first-order valence-electron chi connectivity index (χ1n) is 15.3. The molecule has 4 rings (SSSR count). The minimum absolute atomic E-state index is 0.0467. The molecular weight excluding hydrogens is 608 g/mol. The van der Waals surface area contributed by atoms with Crippen molar-refractivity contribution in [3.63, 3.8) is 0 Å². The van der Waals surface area contributed by atoms with E-state index in [1.165, 1.54) is 6.07 Å². The van der Waals surface area contributed by atoms with E-state index >= 15 is 0 Å². The number of aliphatic hydroxyl groups is 1. The van der Waals surface area contributed by atoms with Crippen molar-refractivity contribution in [1.82, 2.24) is 20.5 Å². The number of aromatic nitrogens is 1. The fourth-order valence-corrected chi connectivity index (χ4v) is 5.53. The maximum atomic E-state index is 13.8. The van der Waals surface area contributed by atoms with E-state index in [1.807, 2.05) is 68.4 Å². The smallest absolute Gasteiger partial charge is 0.251 e. The molecule has 5 N–H and O–H groups in total. The predicted octanol–water partition coefficient (Wildman–Crippen LogP) is 2.42. The number of rotatable bonds is 15. The maximum absolute atomic E-state index is 13.8. The molecule has 3 aromatic rings. The average molecular weight is 653 g/mol. The largest absolute Gasteiger partial charge is 0.497 e. The van der Waals surface area contributed by atoms with Gasteiger partial charge in [-0.25, -0.2) is 13.4 Å².